The zero-order chi connectivity index (χ0) is 19.1. The second-order valence-electron chi connectivity index (χ2n) is 6.21. The van der Waals surface area contributed by atoms with E-state index in [1.165, 1.54) is 17.8 Å². The second-order valence-corrected chi connectivity index (χ2v) is 7.63. The monoisotopic (exact) mass is 408 g/mol. The number of hydrogen-bond acceptors (Lipinski definition) is 4. The molecule has 0 saturated carbocycles. The van der Waals surface area contributed by atoms with E-state index >= 15 is 0 Å². The first kappa shape index (κ1) is 20.1. The Morgan fingerprint density at radius 3 is 2.63 bits per heavy atom. The zero-order valence-corrected chi connectivity index (χ0v) is 16.4. The molecular weight excluding hydrogens is 387 g/mol. The van der Waals surface area contributed by atoms with Gasteiger partial charge in [0.15, 0.2) is 0 Å². The number of carbonyl (C=O) groups excluding carboxylic acids is 1. The molecule has 3 rings (SSSR count). The average Bonchev–Trinajstić information content (AvgIpc) is 2.69. The molecule has 0 aromatic heterocycles. The first-order chi connectivity index (χ1) is 13.1. The van der Waals surface area contributed by atoms with E-state index in [1.54, 1.807) is 18.2 Å². The van der Waals surface area contributed by atoms with Gasteiger partial charge in [0.2, 0.25) is 5.91 Å². The summed E-state index contributed by atoms with van der Waals surface area (Å²) < 4.78 is 19.1. The first-order valence-corrected chi connectivity index (χ1v) is 10.2. The fraction of sp³-hybridized carbons (Fsp3) is 0.350. The van der Waals surface area contributed by atoms with Crippen LogP contribution in [0, 0.1) is 5.82 Å². The summed E-state index contributed by atoms with van der Waals surface area (Å²) in [5.74, 6) is -0.273. The summed E-state index contributed by atoms with van der Waals surface area (Å²) in [5.41, 5.74) is 0.989. The highest BCUT2D eigenvalue weighted by molar-refractivity contribution is 8.00. The van der Waals surface area contributed by atoms with Gasteiger partial charge in [-0.1, -0.05) is 41.9 Å². The summed E-state index contributed by atoms with van der Waals surface area (Å²) in [6.45, 7) is 3.35. The van der Waals surface area contributed by atoms with Gasteiger partial charge in [0.1, 0.15) is 5.82 Å². The van der Waals surface area contributed by atoms with Gasteiger partial charge in [-0.3, -0.25) is 9.69 Å². The van der Waals surface area contributed by atoms with Crippen molar-refractivity contribution < 1.29 is 13.9 Å². The summed E-state index contributed by atoms with van der Waals surface area (Å²) in [6, 6.07) is 14.1. The standard InChI is InChI=1S/C20H22ClFN2O2S/c21-16-6-2-1-5-15(16)18(24-9-11-26-12-10-24)13-23-20(25)14-27-19-8-4-3-7-17(19)22/h1-8,18H,9-14H2,(H,23,25). The van der Waals surface area contributed by atoms with E-state index in [4.69, 9.17) is 16.3 Å². The van der Waals surface area contributed by atoms with Gasteiger partial charge in [0, 0.05) is 29.6 Å². The van der Waals surface area contributed by atoms with Crippen molar-refractivity contribution in [3.05, 3.63) is 64.9 Å². The smallest absolute Gasteiger partial charge is 0.230 e. The Bertz CT molecular complexity index is 771. The van der Waals surface area contributed by atoms with E-state index in [0.29, 0.717) is 29.7 Å². The van der Waals surface area contributed by atoms with Crippen LogP contribution < -0.4 is 5.32 Å². The molecular formula is C20H22ClFN2O2S. The molecule has 1 aliphatic rings. The number of hydrogen-bond donors (Lipinski definition) is 1. The van der Waals surface area contributed by atoms with Crippen molar-refractivity contribution in [3.8, 4) is 0 Å². The molecule has 1 fully saturated rings. The van der Waals surface area contributed by atoms with Crippen molar-refractivity contribution in [3.63, 3.8) is 0 Å². The summed E-state index contributed by atoms with van der Waals surface area (Å²) in [6.07, 6.45) is 0. The highest BCUT2D eigenvalue weighted by atomic mass is 35.5. The minimum atomic E-state index is -0.308. The van der Waals surface area contributed by atoms with Gasteiger partial charge in [-0.05, 0) is 23.8 Å². The molecule has 1 amide bonds. The minimum Gasteiger partial charge on any atom is -0.379 e. The summed E-state index contributed by atoms with van der Waals surface area (Å²) in [5, 5.41) is 3.66. The molecule has 4 nitrogen and oxygen atoms in total. The van der Waals surface area contributed by atoms with Gasteiger partial charge in [-0.2, -0.15) is 0 Å². The van der Waals surface area contributed by atoms with Gasteiger partial charge in [0.05, 0.1) is 25.0 Å². The number of rotatable bonds is 7. The molecule has 1 aliphatic heterocycles. The molecule has 1 unspecified atom stereocenters. The highest BCUT2D eigenvalue weighted by Crippen LogP contribution is 2.28. The normalized spacial score (nSPS) is 16.1. The van der Waals surface area contributed by atoms with Crippen molar-refractivity contribution in [1.29, 1.82) is 0 Å². The average molecular weight is 409 g/mol. The van der Waals surface area contributed by atoms with Crippen LogP contribution >= 0.6 is 23.4 Å². The second kappa shape index (κ2) is 10.1. The van der Waals surface area contributed by atoms with Crippen molar-refractivity contribution in [2.45, 2.75) is 10.9 Å². The minimum absolute atomic E-state index is 0.0231. The molecule has 0 aliphatic carbocycles. The van der Waals surface area contributed by atoms with Crippen molar-refractivity contribution in [2.24, 2.45) is 0 Å². The van der Waals surface area contributed by atoms with Gasteiger partial charge in [-0.25, -0.2) is 4.39 Å². The highest BCUT2D eigenvalue weighted by Gasteiger charge is 2.24. The van der Waals surface area contributed by atoms with Gasteiger partial charge in [-0.15, -0.1) is 11.8 Å². The number of ether oxygens (including phenoxy) is 1. The van der Waals surface area contributed by atoms with E-state index in [-0.39, 0.29) is 23.5 Å². The Kier molecular flexibility index (Phi) is 7.52. The van der Waals surface area contributed by atoms with Gasteiger partial charge >= 0.3 is 0 Å². The molecule has 0 radical (unpaired) electrons. The van der Waals surface area contributed by atoms with Crippen LogP contribution in [-0.4, -0.2) is 49.4 Å². The van der Waals surface area contributed by atoms with Crippen LogP contribution in [0.4, 0.5) is 4.39 Å². The number of amides is 1. The SMILES string of the molecule is O=C(CSc1ccccc1F)NCC(c1ccccc1Cl)N1CCOCC1. The Morgan fingerprint density at radius 2 is 1.89 bits per heavy atom. The van der Waals surface area contributed by atoms with Crippen LogP contribution in [0.5, 0.6) is 0 Å². The number of thioether (sulfide) groups is 1. The van der Waals surface area contributed by atoms with Gasteiger partial charge < -0.3 is 10.1 Å². The number of morpholine rings is 1. The van der Waals surface area contributed by atoms with E-state index in [0.717, 1.165) is 18.7 Å². The predicted octanol–water partition coefficient (Wildman–Crippen LogP) is 3.76. The van der Waals surface area contributed by atoms with Crippen LogP contribution in [0.1, 0.15) is 11.6 Å². The van der Waals surface area contributed by atoms with E-state index < -0.39 is 0 Å². The topological polar surface area (TPSA) is 41.6 Å². The third-order valence-electron chi connectivity index (χ3n) is 4.44. The molecule has 1 atom stereocenters. The maximum absolute atomic E-state index is 13.7. The van der Waals surface area contributed by atoms with Crippen LogP contribution in [-0.2, 0) is 9.53 Å². The van der Waals surface area contributed by atoms with E-state index in [2.05, 4.69) is 10.2 Å². The summed E-state index contributed by atoms with van der Waals surface area (Å²) in [4.78, 5) is 15.0. The van der Waals surface area contributed by atoms with Gasteiger partial charge in [0.25, 0.3) is 0 Å². The van der Waals surface area contributed by atoms with Crippen LogP contribution in [0.25, 0.3) is 0 Å². The van der Waals surface area contributed by atoms with E-state index in [9.17, 15) is 9.18 Å². The molecule has 27 heavy (non-hydrogen) atoms. The lowest BCUT2D eigenvalue weighted by molar-refractivity contribution is -0.118. The maximum atomic E-state index is 13.7. The number of benzene rings is 2. The fourth-order valence-electron chi connectivity index (χ4n) is 3.04. The third-order valence-corrected chi connectivity index (χ3v) is 5.83. The van der Waals surface area contributed by atoms with Crippen molar-refractivity contribution in [1.82, 2.24) is 10.2 Å². The molecule has 0 spiro atoms. The molecule has 0 bridgehead atoms. The molecule has 2 aromatic rings. The zero-order valence-electron chi connectivity index (χ0n) is 14.9. The molecule has 1 saturated heterocycles. The molecule has 2 aromatic carbocycles. The molecule has 7 heteroatoms. The Morgan fingerprint density at radius 1 is 1.19 bits per heavy atom. The first-order valence-electron chi connectivity index (χ1n) is 8.85. The molecule has 1 N–H and O–H groups in total. The van der Waals surface area contributed by atoms with Crippen molar-refractivity contribution >= 4 is 29.3 Å². The lowest BCUT2D eigenvalue weighted by atomic mass is 10.0. The third kappa shape index (κ3) is 5.69. The predicted molar refractivity (Wildman–Crippen MR) is 107 cm³/mol. The summed E-state index contributed by atoms with van der Waals surface area (Å²) in [7, 11) is 0. The fourth-order valence-corrected chi connectivity index (χ4v) is 4.07. The van der Waals surface area contributed by atoms with E-state index in [1.807, 2.05) is 24.3 Å². The number of halogens is 2. The quantitative estimate of drug-likeness (QED) is 0.708. The number of nitrogens with one attached hydrogen (secondary N) is 1. The number of carbonyl (C=O) groups is 1. The maximum Gasteiger partial charge on any atom is 0.230 e. The van der Waals surface area contributed by atoms with Crippen LogP contribution in [0.3, 0.4) is 0 Å². The lowest BCUT2D eigenvalue weighted by Gasteiger charge is -2.35. The molecule has 1 heterocycles. The van der Waals surface area contributed by atoms with Crippen LogP contribution in [0.2, 0.25) is 5.02 Å². The van der Waals surface area contributed by atoms with Crippen molar-refractivity contribution in [2.75, 3.05) is 38.6 Å². The Hall–Kier alpha value is -1.60. The van der Waals surface area contributed by atoms with Crippen LogP contribution in [0.15, 0.2) is 53.4 Å². The Balaban J connectivity index is 1.61. The number of nitrogens with zero attached hydrogens (tertiary/aromatic N) is 1. The lowest BCUT2D eigenvalue weighted by Crippen LogP contribution is -2.44. The molecule has 144 valence electrons. The largest absolute Gasteiger partial charge is 0.379 e. The summed E-state index contributed by atoms with van der Waals surface area (Å²) >= 11 is 7.59. The Labute approximate surface area is 168 Å².